The van der Waals surface area contributed by atoms with Gasteiger partial charge in [-0.15, -0.1) is 0 Å². The van der Waals surface area contributed by atoms with E-state index in [0.29, 0.717) is 12.5 Å². The van der Waals surface area contributed by atoms with Crippen molar-refractivity contribution in [3.05, 3.63) is 35.9 Å². The SMILES string of the molecule is C[C@H]1CC[C@H](NC(=O)Cc2ccccc2)CC1. The third kappa shape index (κ3) is 3.88. The molecule has 2 rings (SSSR count). The minimum absolute atomic E-state index is 0.163. The van der Waals surface area contributed by atoms with E-state index in [0.717, 1.165) is 24.3 Å². The predicted molar refractivity (Wildman–Crippen MR) is 69.7 cm³/mol. The standard InChI is InChI=1S/C15H21NO/c1-12-7-9-14(10-8-12)16-15(17)11-13-5-3-2-4-6-13/h2-6,12,14H,7-11H2,1H3,(H,16,17)/t12-,14-. The zero-order valence-electron chi connectivity index (χ0n) is 10.5. The first kappa shape index (κ1) is 12.2. The number of hydrogen-bond acceptors (Lipinski definition) is 1. The minimum Gasteiger partial charge on any atom is -0.353 e. The Morgan fingerprint density at radius 1 is 1.18 bits per heavy atom. The van der Waals surface area contributed by atoms with Crippen molar-refractivity contribution in [2.75, 3.05) is 0 Å². The zero-order chi connectivity index (χ0) is 12.1. The first-order valence-corrected chi connectivity index (χ1v) is 6.57. The van der Waals surface area contributed by atoms with Crippen LogP contribution in [0.15, 0.2) is 30.3 Å². The van der Waals surface area contributed by atoms with E-state index in [1.54, 1.807) is 0 Å². The number of nitrogens with one attached hydrogen (secondary N) is 1. The van der Waals surface area contributed by atoms with E-state index in [1.165, 1.54) is 12.8 Å². The summed E-state index contributed by atoms with van der Waals surface area (Å²) < 4.78 is 0. The molecule has 0 aliphatic heterocycles. The van der Waals surface area contributed by atoms with Crippen LogP contribution in [0.2, 0.25) is 0 Å². The zero-order valence-corrected chi connectivity index (χ0v) is 10.5. The van der Waals surface area contributed by atoms with E-state index in [9.17, 15) is 4.79 Å². The van der Waals surface area contributed by atoms with Gasteiger partial charge in [-0.05, 0) is 37.2 Å². The average molecular weight is 231 g/mol. The molecule has 17 heavy (non-hydrogen) atoms. The fraction of sp³-hybridized carbons (Fsp3) is 0.533. The van der Waals surface area contributed by atoms with E-state index in [4.69, 9.17) is 0 Å². The van der Waals surface area contributed by atoms with Crippen molar-refractivity contribution in [2.24, 2.45) is 5.92 Å². The lowest BCUT2D eigenvalue weighted by atomic mass is 9.87. The summed E-state index contributed by atoms with van der Waals surface area (Å²) in [5.41, 5.74) is 1.09. The van der Waals surface area contributed by atoms with Gasteiger partial charge in [-0.25, -0.2) is 0 Å². The van der Waals surface area contributed by atoms with Gasteiger partial charge in [-0.3, -0.25) is 4.79 Å². The maximum absolute atomic E-state index is 11.9. The van der Waals surface area contributed by atoms with Crippen LogP contribution in [0.25, 0.3) is 0 Å². The fourth-order valence-electron chi connectivity index (χ4n) is 2.46. The lowest BCUT2D eigenvalue weighted by molar-refractivity contribution is -0.121. The van der Waals surface area contributed by atoms with Gasteiger partial charge in [-0.2, -0.15) is 0 Å². The highest BCUT2D eigenvalue weighted by Crippen LogP contribution is 2.23. The normalized spacial score (nSPS) is 24.3. The van der Waals surface area contributed by atoms with E-state index in [2.05, 4.69) is 12.2 Å². The van der Waals surface area contributed by atoms with Gasteiger partial charge in [0, 0.05) is 6.04 Å². The van der Waals surface area contributed by atoms with Gasteiger partial charge < -0.3 is 5.32 Å². The quantitative estimate of drug-likeness (QED) is 0.851. The highest BCUT2D eigenvalue weighted by molar-refractivity contribution is 5.78. The number of hydrogen-bond donors (Lipinski definition) is 1. The molecule has 2 nitrogen and oxygen atoms in total. The van der Waals surface area contributed by atoms with Crippen LogP contribution in [0.5, 0.6) is 0 Å². The molecule has 92 valence electrons. The summed E-state index contributed by atoms with van der Waals surface area (Å²) in [5.74, 6) is 0.994. The second kappa shape index (κ2) is 5.85. The summed E-state index contributed by atoms with van der Waals surface area (Å²) in [6.07, 6.45) is 5.28. The first-order valence-electron chi connectivity index (χ1n) is 6.57. The van der Waals surface area contributed by atoms with Crippen molar-refractivity contribution in [1.29, 1.82) is 0 Å². The highest BCUT2D eigenvalue weighted by Gasteiger charge is 2.19. The van der Waals surface area contributed by atoms with Gasteiger partial charge in [0.25, 0.3) is 0 Å². The molecule has 0 radical (unpaired) electrons. The summed E-state index contributed by atoms with van der Waals surface area (Å²) in [5, 5.41) is 3.15. The monoisotopic (exact) mass is 231 g/mol. The molecule has 1 aliphatic rings. The number of carbonyl (C=O) groups excluding carboxylic acids is 1. The maximum atomic E-state index is 11.9. The van der Waals surface area contributed by atoms with E-state index in [-0.39, 0.29) is 5.91 Å². The third-order valence-corrected chi connectivity index (χ3v) is 3.59. The lowest BCUT2D eigenvalue weighted by Gasteiger charge is -2.26. The van der Waals surface area contributed by atoms with Crippen molar-refractivity contribution >= 4 is 5.91 Å². The predicted octanol–water partition coefficient (Wildman–Crippen LogP) is 2.92. The Bertz CT molecular complexity index is 352. The van der Waals surface area contributed by atoms with Gasteiger partial charge in [0.05, 0.1) is 6.42 Å². The summed E-state index contributed by atoms with van der Waals surface area (Å²) >= 11 is 0. The van der Waals surface area contributed by atoms with E-state index < -0.39 is 0 Å². The molecule has 1 fully saturated rings. The van der Waals surface area contributed by atoms with Crippen LogP contribution in [0.4, 0.5) is 0 Å². The molecule has 1 saturated carbocycles. The molecule has 0 bridgehead atoms. The smallest absolute Gasteiger partial charge is 0.224 e. The molecule has 0 atom stereocenters. The van der Waals surface area contributed by atoms with Crippen LogP contribution in [0.3, 0.4) is 0 Å². The topological polar surface area (TPSA) is 29.1 Å². The van der Waals surface area contributed by atoms with Crippen LogP contribution in [-0.2, 0) is 11.2 Å². The molecule has 1 amide bonds. The molecular formula is C15H21NO. The van der Waals surface area contributed by atoms with Gasteiger partial charge in [-0.1, -0.05) is 37.3 Å². The Kier molecular flexibility index (Phi) is 4.18. The Balaban J connectivity index is 1.78. The van der Waals surface area contributed by atoms with Gasteiger partial charge in [0.1, 0.15) is 0 Å². The van der Waals surface area contributed by atoms with Gasteiger partial charge in [0.15, 0.2) is 0 Å². The number of carbonyl (C=O) groups is 1. The van der Waals surface area contributed by atoms with Crippen molar-refractivity contribution in [3.8, 4) is 0 Å². The van der Waals surface area contributed by atoms with Crippen molar-refractivity contribution in [3.63, 3.8) is 0 Å². The molecule has 0 unspecified atom stereocenters. The summed E-state index contributed by atoms with van der Waals surface area (Å²) in [6.45, 7) is 2.29. The minimum atomic E-state index is 0.163. The van der Waals surface area contributed by atoms with Crippen LogP contribution in [-0.4, -0.2) is 11.9 Å². The van der Waals surface area contributed by atoms with Crippen LogP contribution in [0.1, 0.15) is 38.2 Å². The highest BCUT2D eigenvalue weighted by atomic mass is 16.1. The van der Waals surface area contributed by atoms with Gasteiger partial charge >= 0.3 is 0 Å². The first-order chi connectivity index (χ1) is 8.24. The summed E-state index contributed by atoms with van der Waals surface area (Å²) in [6, 6.07) is 10.3. The molecule has 1 aliphatic carbocycles. The molecule has 1 aromatic carbocycles. The van der Waals surface area contributed by atoms with Crippen LogP contribution < -0.4 is 5.32 Å². The van der Waals surface area contributed by atoms with Crippen molar-refractivity contribution in [1.82, 2.24) is 5.32 Å². The lowest BCUT2D eigenvalue weighted by Crippen LogP contribution is -2.38. The van der Waals surface area contributed by atoms with Crippen molar-refractivity contribution < 1.29 is 4.79 Å². The molecule has 1 N–H and O–H groups in total. The van der Waals surface area contributed by atoms with E-state index in [1.807, 2.05) is 30.3 Å². The molecule has 0 heterocycles. The Labute approximate surface area is 103 Å². The summed E-state index contributed by atoms with van der Waals surface area (Å²) in [7, 11) is 0. The van der Waals surface area contributed by atoms with E-state index >= 15 is 0 Å². The molecule has 0 saturated heterocycles. The Morgan fingerprint density at radius 2 is 1.82 bits per heavy atom. The molecule has 2 heteroatoms. The number of rotatable bonds is 3. The number of amides is 1. The van der Waals surface area contributed by atoms with Crippen LogP contribution in [0, 0.1) is 5.92 Å². The fourth-order valence-corrected chi connectivity index (χ4v) is 2.46. The van der Waals surface area contributed by atoms with Gasteiger partial charge in [0.2, 0.25) is 5.91 Å². The second-order valence-electron chi connectivity index (χ2n) is 5.19. The van der Waals surface area contributed by atoms with Crippen molar-refractivity contribution in [2.45, 2.75) is 45.1 Å². The maximum Gasteiger partial charge on any atom is 0.224 e. The number of benzene rings is 1. The Morgan fingerprint density at radius 3 is 2.47 bits per heavy atom. The molecular weight excluding hydrogens is 210 g/mol. The largest absolute Gasteiger partial charge is 0.353 e. The van der Waals surface area contributed by atoms with Crippen LogP contribution >= 0.6 is 0 Å². The Hall–Kier alpha value is -1.31. The molecule has 0 aromatic heterocycles. The third-order valence-electron chi connectivity index (χ3n) is 3.59. The molecule has 0 spiro atoms. The second-order valence-corrected chi connectivity index (χ2v) is 5.19. The average Bonchev–Trinajstić information content (AvgIpc) is 2.33. The summed E-state index contributed by atoms with van der Waals surface area (Å²) in [4.78, 5) is 11.9. The molecule has 1 aromatic rings.